The second-order valence-corrected chi connectivity index (χ2v) is 6.21. The van der Waals surface area contributed by atoms with Gasteiger partial charge in [0.15, 0.2) is 0 Å². The van der Waals surface area contributed by atoms with Crippen LogP contribution < -0.4 is 16.4 Å². The zero-order valence-corrected chi connectivity index (χ0v) is 15.3. The van der Waals surface area contributed by atoms with E-state index in [1.54, 1.807) is 0 Å². The Bertz CT molecular complexity index is 736. The van der Waals surface area contributed by atoms with Gasteiger partial charge >= 0.3 is 17.9 Å². The quantitative estimate of drug-likeness (QED) is 0.189. The number of aliphatic carboxylic acids is 3. The molecule has 0 spiro atoms. The monoisotopic (exact) mass is 413 g/mol. The van der Waals surface area contributed by atoms with Crippen molar-refractivity contribution in [1.29, 1.82) is 0 Å². The maximum atomic E-state index is 12.4. The largest absolute Gasteiger partial charge is 0.481 e. The molecule has 160 valence electrons. The normalized spacial score (nSPS) is 13.7. The Morgan fingerprint density at radius 2 is 1.52 bits per heavy atom. The number of hydrogen-bond acceptors (Lipinski definition) is 7. The highest BCUT2D eigenvalue weighted by Gasteiger charge is 2.28. The van der Waals surface area contributed by atoms with Gasteiger partial charge in [0.1, 0.15) is 12.1 Å². The van der Waals surface area contributed by atoms with Crippen molar-refractivity contribution in [1.82, 2.24) is 20.6 Å². The van der Waals surface area contributed by atoms with Crippen molar-refractivity contribution < 1.29 is 39.3 Å². The fraction of sp³-hybridized carbons (Fsp3) is 0.500. The highest BCUT2D eigenvalue weighted by atomic mass is 16.4. The molecule has 0 saturated carbocycles. The molecule has 0 saturated heterocycles. The zero-order chi connectivity index (χ0) is 22.0. The summed E-state index contributed by atoms with van der Waals surface area (Å²) in [6.45, 7) is 0. The summed E-state index contributed by atoms with van der Waals surface area (Å²) in [6, 6.07) is -3.95. The molecule has 1 aromatic rings. The van der Waals surface area contributed by atoms with E-state index in [1.807, 2.05) is 0 Å². The third-order valence-electron chi connectivity index (χ3n) is 3.87. The molecule has 0 aliphatic rings. The number of aromatic nitrogens is 2. The van der Waals surface area contributed by atoms with Gasteiger partial charge in [0.05, 0.1) is 12.4 Å². The third-order valence-corrected chi connectivity index (χ3v) is 3.87. The van der Waals surface area contributed by atoms with Gasteiger partial charge in [-0.2, -0.15) is 0 Å². The van der Waals surface area contributed by atoms with Crippen molar-refractivity contribution in [2.75, 3.05) is 0 Å². The Labute approximate surface area is 164 Å². The van der Waals surface area contributed by atoms with E-state index in [0.29, 0.717) is 5.69 Å². The summed E-state index contributed by atoms with van der Waals surface area (Å²) in [5.41, 5.74) is 6.34. The standard InChI is InChI=1S/C16H23N5O8/c17-9(5-8-6-18-7-19-8)14(26)20-10(1-3-12(22)23)15(27)21-11(16(28)29)2-4-13(24)25/h6-7,9-11H,1-5,17H2,(H,18,19)(H,20,26)(H,21,27)(H,22,23)(H,24,25)(H,28,29)/t9-,10-,11-/m0/s1. The Kier molecular flexibility index (Phi) is 9.25. The number of imidazole rings is 1. The first-order chi connectivity index (χ1) is 13.6. The maximum Gasteiger partial charge on any atom is 0.326 e. The van der Waals surface area contributed by atoms with E-state index in [0.717, 1.165) is 0 Å². The summed E-state index contributed by atoms with van der Waals surface area (Å²) >= 11 is 0. The molecule has 8 N–H and O–H groups in total. The van der Waals surface area contributed by atoms with Gasteiger partial charge in [0.25, 0.3) is 0 Å². The van der Waals surface area contributed by atoms with Gasteiger partial charge in [-0.1, -0.05) is 0 Å². The van der Waals surface area contributed by atoms with Crippen molar-refractivity contribution in [2.45, 2.75) is 50.2 Å². The number of carboxylic acids is 3. The number of nitrogens with one attached hydrogen (secondary N) is 3. The molecule has 0 aromatic carbocycles. The lowest BCUT2D eigenvalue weighted by Crippen LogP contribution is -2.55. The molecule has 0 fully saturated rings. The van der Waals surface area contributed by atoms with Crippen molar-refractivity contribution >= 4 is 29.7 Å². The van der Waals surface area contributed by atoms with Crippen LogP contribution in [0.25, 0.3) is 0 Å². The van der Waals surface area contributed by atoms with Crippen molar-refractivity contribution in [3.8, 4) is 0 Å². The van der Waals surface area contributed by atoms with E-state index >= 15 is 0 Å². The molecular formula is C16H23N5O8. The first-order valence-corrected chi connectivity index (χ1v) is 8.60. The highest BCUT2D eigenvalue weighted by Crippen LogP contribution is 2.04. The van der Waals surface area contributed by atoms with Crippen LogP contribution in [-0.4, -0.2) is 73.1 Å². The lowest BCUT2D eigenvalue weighted by Gasteiger charge is -2.22. The molecule has 1 rings (SSSR count). The number of aromatic amines is 1. The third kappa shape index (κ3) is 8.83. The first-order valence-electron chi connectivity index (χ1n) is 8.60. The summed E-state index contributed by atoms with van der Waals surface area (Å²) in [6.07, 6.45) is 1.27. The molecule has 0 bridgehead atoms. The molecular weight excluding hydrogens is 390 g/mol. The summed E-state index contributed by atoms with van der Waals surface area (Å²) < 4.78 is 0. The zero-order valence-electron chi connectivity index (χ0n) is 15.3. The van der Waals surface area contributed by atoms with Crippen LogP contribution in [0.2, 0.25) is 0 Å². The molecule has 0 aliphatic heterocycles. The molecule has 1 aromatic heterocycles. The van der Waals surface area contributed by atoms with E-state index in [2.05, 4.69) is 20.6 Å². The summed E-state index contributed by atoms with van der Waals surface area (Å²) in [5.74, 6) is -5.63. The molecule has 13 nitrogen and oxygen atoms in total. The molecule has 3 atom stereocenters. The van der Waals surface area contributed by atoms with E-state index in [1.165, 1.54) is 12.5 Å². The number of amides is 2. The Morgan fingerprint density at radius 3 is 2.00 bits per heavy atom. The topological polar surface area (TPSA) is 225 Å². The van der Waals surface area contributed by atoms with Gasteiger partial charge in [0.2, 0.25) is 11.8 Å². The number of carbonyl (C=O) groups excluding carboxylic acids is 2. The minimum absolute atomic E-state index is 0.0788. The number of nitrogens with zero attached hydrogens (tertiary/aromatic N) is 1. The molecule has 13 heteroatoms. The van der Waals surface area contributed by atoms with E-state index in [4.69, 9.17) is 21.1 Å². The molecule has 0 unspecified atom stereocenters. The Hall–Kier alpha value is -3.48. The molecule has 0 radical (unpaired) electrons. The van der Waals surface area contributed by atoms with Crippen LogP contribution in [-0.2, 0) is 30.4 Å². The van der Waals surface area contributed by atoms with E-state index < -0.39 is 60.7 Å². The maximum absolute atomic E-state index is 12.4. The number of nitrogens with two attached hydrogens (primary N) is 1. The highest BCUT2D eigenvalue weighted by molar-refractivity contribution is 5.92. The predicted octanol–water partition coefficient (Wildman–Crippen LogP) is -1.94. The molecule has 0 aliphatic carbocycles. The van der Waals surface area contributed by atoms with E-state index in [9.17, 15) is 24.0 Å². The Morgan fingerprint density at radius 1 is 0.966 bits per heavy atom. The van der Waals surface area contributed by atoms with Crippen LogP contribution >= 0.6 is 0 Å². The van der Waals surface area contributed by atoms with Crippen molar-refractivity contribution in [3.05, 3.63) is 18.2 Å². The van der Waals surface area contributed by atoms with Gasteiger partial charge < -0.3 is 36.7 Å². The smallest absolute Gasteiger partial charge is 0.326 e. The van der Waals surface area contributed by atoms with Crippen molar-refractivity contribution in [2.24, 2.45) is 5.73 Å². The van der Waals surface area contributed by atoms with Gasteiger partial charge in [-0.3, -0.25) is 19.2 Å². The molecule has 1 heterocycles. The fourth-order valence-electron chi connectivity index (χ4n) is 2.34. The second-order valence-electron chi connectivity index (χ2n) is 6.21. The van der Waals surface area contributed by atoms with Crippen LogP contribution in [0.1, 0.15) is 31.4 Å². The first kappa shape index (κ1) is 23.6. The summed E-state index contributed by atoms with van der Waals surface area (Å²) in [4.78, 5) is 63.9. The number of hydrogen-bond donors (Lipinski definition) is 7. The summed E-state index contributed by atoms with van der Waals surface area (Å²) in [5, 5.41) is 31.1. The van der Waals surface area contributed by atoms with Gasteiger partial charge in [0, 0.05) is 31.2 Å². The lowest BCUT2D eigenvalue weighted by atomic mass is 10.1. The van der Waals surface area contributed by atoms with Gasteiger partial charge in [-0.25, -0.2) is 9.78 Å². The summed E-state index contributed by atoms with van der Waals surface area (Å²) in [7, 11) is 0. The van der Waals surface area contributed by atoms with Gasteiger partial charge in [-0.05, 0) is 12.8 Å². The fourth-order valence-corrected chi connectivity index (χ4v) is 2.34. The van der Waals surface area contributed by atoms with Crippen LogP contribution in [0.3, 0.4) is 0 Å². The average molecular weight is 413 g/mol. The van der Waals surface area contributed by atoms with Crippen LogP contribution in [0, 0.1) is 0 Å². The van der Waals surface area contributed by atoms with Crippen molar-refractivity contribution in [3.63, 3.8) is 0 Å². The number of H-pyrrole nitrogens is 1. The van der Waals surface area contributed by atoms with E-state index in [-0.39, 0.29) is 19.3 Å². The SMILES string of the molecule is N[C@@H](Cc1cnc[nH]1)C(=O)N[C@@H](CCC(=O)O)C(=O)N[C@@H](CCC(=O)O)C(=O)O. The second kappa shape index (κ2) is 11.4. The minimum Gasteiger partial charge on any atom is -0.481 e. The molecule has 29 heavy (non-hydrogen) atoms. The van der Waals surface area contributed by atoms with Gasteiger partial charge in [-0.15, -0.1) is 0 Å². The number of rotatable bonds is 13. The van der Waals surface area contributed by atoms with Crippen LogP contribution in [0.5, 0.6) is 0 Å². The number of carbonyl (C=O) groups is 5. The average Bonchev–Trinajstić information content (AvgIpc) is 3.13. The predicted molar refractivity (Wildman–Crippen MR) is 95.5 cm³/mol. The molecule has 2 amide bonds. The van der Waals surface area contributed by atoms with Crippen LogP contribution in [0.15, 0.2) is 12.5 Å². The van der Waals surface area contributed by atoms with Crippen LogP contribution in [0.4, 0.5) is 0 Å². The Balaban J connectivity index is 2.79. The lowest BCUT2D eigenvalue weighted by molar-refractivity contribution is -0.144. The number of carboxylic acid groups (broad SMARTS) is 3. The minimum atomic E-state index is -1.51.